The van der Waals surface area contributed by atoms with Crippen LogP contribution in [0.1, 0.15) is 11.3 Å². The van der Waals surface area contributed by atoms with Crippen LogP contribution in [0.5, 0.6) is 0 Å². The van der Waals surface area contributed by atoms with E-state index in [0.717, 1.165) is 17.8 Å². The molecule has 0 aliphatic carbocycles. The molecule has 2 aromatic rings. The Hall–Kier alpha value is -3.30. The summed E-state index contributed by atoms with van der Waals surface area (Å²) >= 11 is 0. The van der Waals surface area contributed by atoms with E-state index in [1.807, 2.05) is 0 Å². The number of nitrogens with one attached hydrogen (secondary N) is 2. The van der Waals surface area contributed by atoms with E-state index in [4.69, 9.17) is 0 Å². The number of benzene rings is 1. The van der Waals surface area contributed by atoms with E-state index < -0.39 is 15.5 Å². The number of aryl methyl sites for hydroxylation is 1. The van der Waals surface area contributed by atoms with E-state index in [9.17, 15) is 20.2 Å². The number of hydrazone groups is 1. The number of rotatable bonds is 5. The summed E-state index contributed by atoms with van der Waals surface area (Å²) in [4.78, 5) is 20.1. The minimum absolute atomic E-state index is 0.0583. The van der Waals surface area contributed by atoms with Crippen LogP contribution in [-0.4, -0.2) is 26.3 Å². The molecule has 0 fully saturated rings. The number of nitrogens with zero attached hydrogens (tertiary/aromatic N) is 4. The Balaban J connectivity index is 2.23. The van der Waals surface area contributed by atoms with Crippen LogP contribution in [0.25, 0.3) is 0 Å². The smallest absolute Gasteiger partial charge is 0.282 e. The third kappa shape index (κ3) is 3.18. The van der Waals surface area contributed by atoms with Gasteiger partial charge in [0.25, 0.3) is 5.69 Å². The average molecular weight is 290 g/mol. The van der Waals surface area contributed by atoms with Crippen molar-refractivity contribution in [3.8, 4) is 0 Å². The molecule has 0 radical (unpaired) electrons. The van der Waals surface area contributed by atoms with Gasteiger partial charge in [-0.1, -0.05) is 0 Å². The summed E-state index contributed by atoms with van der Waals surface area (Å²) in [6.45, 7) is 1.79. The van der Waals surface area contributed by atoms with Gasteiger partial charge >= 0.3 is 5.69 Å². The number of nitro groups is 2. The number of aromatic nitrogens is 2. The molecule has 0 saturated carbocycles. The van der Waals surface area contributed by atoms with Crippen molar-refractivity contribution in [1.29, 1.82) is 0 Å². The van der Waals surface area contributed by atoms with Crippen LogP contribution in [0.3, 0.4) is 0 Å². The summed E-state index contributed by atoms with van der Waals surface area (Å²) in [5.74, 6) is 0. The van der Waals surface area contributed by atoms with Crippen molar-refractivity contribution in [3.05, 3.63) is 55.9 Å². The largest absolute Gasteiger partial charge is 0.301 e. The lowest BCUT2D eigenvalue weighted by molar-refractivity contribution is -0.393. The number of anilines is 1. The molecule has 10 nitrogen and oxygen atoms in total. The molecule has 0 spiro atoms. The number of non-ortho nitro benzene ring substituents is 1. The van der Waals surface area contributed by atoms with Gasteiger partial charge in [-0.15, -0.1) is 0 Å². The van der Waals surface area contributed by atoms with Gasteiger partial charge in [0.1, 0.15) is 5.69 Å². The summed E-state index contributed by atoms with van der Waals surface area (Å²) in [5.41, 5.74) is 3.27. The molecule has 0 amide bonds. The van der Waals surface area contributed by atoms with Gasteiger partial charge in [0.05, 0.1) is 28.3 Å². The maximum atomic E-state index is 10.9. The second kappa shape index (κ2) is 5.77. The maximum absolute atomic E-state index is 10.9. The highest BCUT2D eigenvalue weighted by molar-refractivity contribution is 5.81. The molecule has 2 N–H and O–H groups in total. The van der Waals surface area contributed by atoms with Crippen molar-refractivity contribution in [2.75, 3.05) is 5.43 Å². The number of aromatic amines is 1. The average Bonchev–Trinajstić information content (AvgIpc) is 2.84. The predicted octanol–water partition coefficient (Wildman–Crippen LogP) is 1.98. The van der Waals surface area contributed by atoms with Crippen LogP contribution >= 0.6 is 0 Å². The van der Waals surface area contributed by atoms with Gasteiger partial charge in [-0.3, -0.25) is 30.8 Å². The van der Waals surface area contributed by atoms with Gasteiger partial charge in [-0.05, 0) is 13.0 Å². The Morgan fingerprint density at radius 3 is 2.67 bits per heavy atom. The third-order valence-electron chi connectivity index (χ3n) is 2.65. The minimum Gasteiger partial charge on any atom is -0.282 e. The number of hydrogen-bond donors (Lipinski definition) is 2. The van der Waals surface area contributed by atoms with Crippen LogP contribution in [0, 0.1) is 27.2 Å². The van der Waals surface area contributed by atoms with E-state index in [1.165, 1.54) is 12.3 Å². The molecule has 0 aliphatic heterocycles. The monoisotopic (exact) mass is 290 g/mol. The highest BCUT2D eigenvalue weighted by atomic mass is 16.6. The first-order chi connectivity index (χ1) is 9.99. The van der Waals surface area contributed by atoms with E-state index in [0.29, 0.717) is 5.56 Å². The number of nitro benzene ring substituents is 2. The molecule has 2 rings (SSSR count). The highest BCUT2D eigenvalue weighted by Crippen LogP contribution is 2.28. The molecule has 21 heavy (non-hydrogen) atoms. The molecular weight excluding hydrogens is 280 g/mol. The lowest BCUT2D eigenvalue weighted by Crippen LogP contribution is -1.98. The van der Waals surface area contributed by atoms with Crippen molar-refractivity contribution < 1.29 is 9.85 Å². The summed E-state index contributed by atoms with van der Waals surface area (Å²) in [6.07, 6.45) is 2.98. The maximum Gasteiger partial charge on any atom is 0.301 e. The first-order valence-electron chi connectivity index (χ1n) is 5.71. The fraction of sp³-hybridized carbons (Fsp3) is 0.0909. The third-order valence-corrected chi connectivity index (χ3v) is 2.65. The Kier molecular flexibility index (Phi) is 3.88. The molecule has 0 saturated heterocycles. The Bertz CT molecular complexity index is 723. The summed E-state index contributed by atoms with van der Waals surface area (Å²) in [7, 11) is 0. The van der Waals surface area contributed by atoms with E-state index in [1.54, 1.807) is 13.1 Å². The van der Waals surface area contributed by atoms with E-state index >= 15 is 0 Å². The fourth-order valence-electron chi connectivity index (χ4n) is 1.54. The van der Waals surface area contributed by atoms with Gasteiger partial charge in [0.2, 0.25) is 0 Å². The van der Waals surface area contributed by atoms with Crippen LogP contribution in [0.15, 0.2) is 29.5 Å². The summed E-state index contributed by atoms with van der Waals surface area (Å²) in [5, 5.41) is 31.9. The van der Waals surface area contributed by atoms with E-state index in [-0.39, 0.29) is 11.4 Å². The van der Waals surface area contributed by atoms with Gasteiger partial charge in [0.15, 0.2) is 0 Å². The molecule has 0 aliphatic rings. The Morgan fingerprint density at radius 2 is 2.10 bits per heavy atom. The van der Waals surface area contributed by atoms with Crippen molar-refractivity contribution in [1.82, 2.24) is 10.2 Å². The van der Waals surface area contributed by atoms with Gasteiger partial charge in [0, 0.05) is 17.3 Å². The fourth-order valence-corrected chi connectivity index (χ4v) is 1.54. The SMILES string of the molecule is Cc1[nH]ncc1/C=N/Nc1ccc([N+](=O)[O-])cc1[N+](=O)[O-]. The van der Waals surface area contributed by atoms with Gasteiger partial charge < -0.3 is 0 Å². The molecule has 1 aromatic carbocycles. The summed E-state index contributed by atoms with van der Waals surface area (Å²) < 4.78 is 0. The lowest BCUT2D eigenvalue weighted by Gasteiger charge is -2.01. The van der Waals surface area contributed by atoms with E-state index in [2.05, 4.69) is 20.7 Å². The van der Waals surface area contributed by atoms with Crippen LogP contribution in [0.2, 0.25) is 0 Å². The highest BCUT2D eigenvalue weighted by Gasteiger charge is 2.19. The molecule has 0 atom stereocenters. The van der Waals surface area contributed by atoms with Crippen LogP contribution in [-0.2, 0) is 0 Å². The molecule has 108 valence electrons. The molecule has 0 unspecified atom stereocenters. The predicted molar refractivity (Wildman–Crippen MR) is 74.3 cm³/mol. The Labute approximate surface area is 117 Å². The molecule has 0 bridgehead atoms. The lowest BCUT2D eigenvalue weighted by atomic mass is 10.2. The standard InChI is InChI=1S/C11H10N6O4/c1-7-8(5-12-14-7)6-13-15-10-3-2-9(16(18)19)4-11(10)17(20)21/h2-6,15H,1H3,(H,12,14)/b13-6+. The van der Waals surface area contributed by atoms with Crippen LogP contribution in [0.4, 0.5) is 17.1 Å². The second-order valence-electron chi connectivity index (χ2n) is 4.04. The molecular formula is C11H10N6O4. The topological polar surface area (TPSA) is 139 Å². The van der Waals surface area contributed by atoms with Crippen molar-refractivity contribution in [2.24, 2.45) is 5.10 Å². The quantitative estimate of drug-likeness (QED) is 0.490. The zero-order chi connectivity index (χ0) is 15.4. The van der Waals surface area contributed by atoms with Crippen LogP contribution < -0.4 is 5.43 Å². The first-order valence-corrected chi connectivity index (χ1v) is 5.71. The van der Waals surface area contributed by atoms with Gasteiger partial charge in [-0.2, -0.15) is 10.2 Å². The zero-order valence-corrected chi connectivity index (χ0v) is 10.8. The molecule has 10 heteroatoms. The number of H-pyrrole nitrogens is 1. The first kappa shape index (κ1) is 14.1. The normalized spacial score (nSPS) is 10.7. The van der Waals surface area contributed by atoms with Gasteiger partial charge in [-0.25, -0.2) is 0 Å². The summed E-state index contributed by atoms with van der Waals surface area (Å²) in [6, 6.07) is 3.27. The molecule has 1 aromatic heterocycles. The van der Waals surface area contributed by atoms with Crippen molar-refractivity contribution >= 4 is 23.3 Å². The van der Waals surface area contributed by atoms with Crippen molar-refractivity contribution in [3.63, 3.8) is 0 Å². The molecule has 1 heterocycles. The zero-order valence-electron chi connectivity index (χ0n) is 10.8. The Morgan fingerprint density at radius 1 is 1.33 bits per heavy atom. The minimum atomic E-state index is -0.714. The van der Waals surface area contributed by atoms with Crippen molar-refractivity contribution in [2.45, 2.75) is 6.92 Å². The number of hydrogen-bond acceptors (Lipinski definition) is 7. The second-order valence-corrected chi connectivity index (χ2v) is 4.04.